The Hall–Kier alpha value is -4.36. The van der Waals surface area contributed by atoms with Crippen molar-refractivity contribution >= 4 is 22.7 Å². The van der Waals surface area contributed by atoms with E-state index in [1.807, 2.05) is 6.92 Å². The fourth-order valence-corrected chi connectivity index (χ4v) is 2.24. The van der Waals surface area contributed by atoms with Gasteiger partial charge in [0.1, 0.15) is 0 Å². The van der Waals surface area contributed by atoms with Gasteiger partial charge in [-0.25, -0.2) is 0 Å². The van der Waals surface area contributed by atoms with Crippen LogP contribution in [0.5, 0.6) is 11.5 Å². The van der Waals surface area contributed by atoms with Crippen molar-refractivity contribution in [1.82, 2.24) is 0 Å². The minimum Gasteiger partial charge on any atom is -0.502 e. The highest BCUT2D eigenvalue weighted by Crippen LogP contribution is 2.39. The molecule has 0 saturated carbocycles. The van der Waals surface area contributed by atoms with Crippen LogP contribution in [0, 0.1) is 40.5 Å². The molecule has 0 aromatic heterocycles. The van der Waals surface area contributed by atoms with Crippen molar-refractivity contribution in [3.63, 3.8) is 0 Å². The quantitative estimate of drug-likeness (QED) is 0.503. The van der Waals surface area contributed by atoms with E-state index in [0.29, 0.717) is 12.5 Å². The zero-order chi connectivity index (χ0) is 23.2. The Bertz CT molecular complexity index is 1010. The van der Waals surface area contributed by atoms with Gasteiger partial charge in [0, 0.05) is 17.7 Å². The molecule has 0 aliphatic carbocycles. The number of benzene rings is 2. The van der Waals surface area contributed by atoms with Crippen LogP contribution < -0.4 is 0 Å². The normalized spacial score (nSPS) is 11.0. The van der Waals surface area contributed by atoms with Crippen molar-refractivity contribution in [2.24, 2.45) is 0 Å². The fourth-order valence-electron chi connectivity index (χ4n) is 2.24. The Morgan fingerprint density at radius 3 is 1.73 bits per heavy atom. The number of non-ortho nitro benzene ring substituents is 2. The molecule has 0 amide bonds. The lowest BCUT2D eigenvalue weighted by atomic mass is 9.96. The van der Waals surface area contributed by atoms with Crippen LogP contribution in [0.15, 0.2) is 30.3 Å². The lowest BCUT2D eigenvalue weighted by molar-refractivity contribution is -0.395. The predicted octanol–water partition coefficient (Wildman–Crippen LogP) is 3.93. The van der Waals surface area contributed by atoms with Crippen LogP contribution in [-0.2, 0) is 0 Å². The van der Waals surface area contributed by atoms with E-state index in [1.54, 1.807) is 6.92 Å². The van der Waals surface area contributed by atoms with Crippen LogP contribution in [0.2, 0.25) is 0 Å². The number of aromatic hydroxyl groups is 2. The van der Waals surface area contributed by atoms with Crippen molar-refractivity contribution in [2.45, 2.75) is 26.2 Å². The monoisotopic (exact) mass is 424 g/mol. The fraction of sp³-hybridized carbons (Fsp3) is 0.250. The number of phenolic OH excluding ortho intramolecular Hbond substituents is 2. The van der Waals surface area contributed by atoms with Gasteiger partial charge >= 0.3 is 11.4 Å². The summed E-state index contributed by atoms with van der Waals surface area (Å²) in [4.78, 5) is 38.5. The molecular formula is C16H16N4O10. The number of nitro benzene ring substituents is 4. The van der Waals surface area contributed by atoms with Gasteiger partial charge in [-0.2, -0.15) is 0 Å². The molecule has 2 aromatic carbocycles. The zero-order valence-corrected chi connectivity index (χ0v) is 15.6. The van der Waals surface area contributed by atoms with E-state index in [0.717, 1.165) is 18.2 Å². The first-order chi connectivity index (χ1) is 13.9. The number of phenols is 2. The van der Waals surface area contributed by atoms with E-state index in [2.05, 4.69) is 0 Å². The minimum atomic E-state index is -0.887. The molecule has 160 valence electrons. The Kier molecular flexibility index (Phi) is 7.67. The van der Waals surface area contributed by atoms with Gasteiger partial charge in [0.2, 0.25) is 0 Å². The molecule has 0 bridgehead atoms. The number of hydrogen-bond acceptors (Lipinski definition) is 10. The van der Waals surface area contributed by atoms with E-state index in [-0.39, 0.29) is 17.2 Å². The number of nitrogens with zero attached hydrogens (tertiary/aromatic N) is 4. The average Bonchev–Trinajstić information content (AvgIpc) is 2.67. The third kappa shape index (κ3) is 5.57. The predicted molar refractivity (Wildman–Crippen MR) is 102 cm³/mol. The Balaban J connectivity index is 0.000000311. The van der Waals surface area contributed by atoms with Gasteiger partial charge in [0.25, 0.3) is 11.4 Å². The summed E-state index contributed by atoms with van der Waals surface area (Å²) >= 11 is 0. The molecule has 0 fully saturated rings. The van der Waals surface area contributed by atoms with Crippen LogP contribution >= 0.6 is 0 Å². The Labute approximate surface area is 167 Å². The molecule has 0 aliphatic heterocycles. The van der Waals surface area contributed by atoms with Gasteiger partial charge in [-0.3, -0.25) is 40.5 Å². The van der Waals surface area contributed by atoms with Gasteiger partial charge in [0.15, 0.2) is 11.5 Å². The number of rotatable bonds is 6. The molecule has 0 spiro atoms. The SMILES string of the molecule is CCC(C)c1cc([N+](=O)[O-])cc([N+](=O)[O-])c1O.O=[N+]([O-])c1ccc(O)c([N+](=O)[O-])c1. The first-order valence-corrected chi connectivity index (χ1v) is 8.18. The van der Waals surface area contributed by atoms with Crippen molar-refractivity contribution in [2.75, 3.05) is 0 Å². The maximum atomic E-state index is 10.7. The molecule has 30 heavy (non-hydrogen) atoms. The number of hydrogen-bond donors (Lipinski definition) is 2. The van der Waals surface area contributed by atoms with E-state index in [9.17, 15) is 45.6 Å². The first-order valence-electron chi connectivity index (χ1n) is 8.18. The number of nitro groups is 4. The summed E-state index contributed by atoms with van der Waals surface area (Å²) in [6.45, 7) is 3.57. The molecule has 2 N–H and O–H groups in total. The van der Waals surface area contributed by atoms with Gasteiger partial charge < -0.3 is 10.2 Å². The summed E-state index contributed by atoms with van der Waals surface area (Å²) < 4.78 is 0. The second-order valence-electron chi connectivity index (χ2n) is 5.91. The van der Waals surface area contributed by atoms with Gasteiger partial charge in [-0.15, -0.1) is 0 Å². The minimum absolute atomic E-state index is 0.186. The summed E-state index contributed by atoms with van der Waals surface area (Å²) in [5, 5.41) is 60.4. The summed E-state index contributed by atoms with van der Waals surface area (Å²) in [6.07, 6.45) is 0.617. The summed E-state index contributed by atoms with van der Waals surface area (Å²) in [6, 6.07) is 4.55. The molecule has 14 heteroatoms. The highest BCUT2D eigenvalue weighted by molar-refractivity contribution is 5.58. The van der Waals surface area contributed by atoms with Crippen LogP contribution in [0.3, 0.4) is 0 Å². The maximum absolute atomic E-state index is 10.7. The van der Waals surface area contributed by atoms with Crippen LogP contribution in [-0.4, -0.2) is 29.9 Å². The first kappa shape index (κ1) is 23.7. The van der Waals surface area contributed by atoms with Crippen LogP contribution in [0.25, 0.3) is 0 Å². The highest BCUT2D eigenvalue weighted by Gasteiger charge is 2.25. The summed E-state index contributed by atoms with van der Waals surface area (Å²) in [5.41, 5.74) is -1.88. The molecule has 14 nitrogen and oxygen atoms in total. The molecule has 0 heterocycles. The largest absolute Gasteiger partial charge is 0.502 e. The molecule has 0 saturated heterocycles. The second kappa shape index (κ2) is 9.72. The van der Waals surface area contributed by atoms with E-state index >= 15 is 0 Å². The molecule has 1 unspecified atom stereocenters. The second-order valence-corrected chi connectivity index (χ2v) is 5.91. The molecule has 1 atom stereocenters. The van der Waals surface area contributed by atoms with E-state index < -0.39 is 48.3 Å². The third-order valence-corrected chi connectivity index (χ3v) is 4.02. The molecule has 0 radical (unpaired) electrons. The zero-order valence-electron chi connectivity index (χ0n) is 15.6. The lowest BCUT2D eigenvalue weighted by Gasteiger charge is -2.10. The summed E-state index contributed by atoms with van der Waals surface area (Å²) in [7, 11) is 0. The Morgan fingerprint density at radius 2 is 1.30 bits per heavy atom. The average molecular weight is 424 g/mol. The van der Waals surface area contributed by atoms with Crippen molar-refractivity contribution in [3.8, 4) is 11.5 Å². The van der Waals surface area contributed by atoms with Crippen molar-refractivity contribution in [3.05, 3.63) is 76.4 Å². The van der Waals surface area contributed by atoms with Crippen molar-refractivity contribution < 1.29 is 29.9 Å². The van der Waals surface area contributed by atoms with Crippen molar-refractivity contribution in [1.29, 1.82) is 0 Å². The summed E-state index contributed by atoms with van der Waals surface area (Å²) in [5.74, 6) is -1.26. The van der Waals surface area contributed by atoms with Gasteiger partial charge in [0.05, 0.1) is 31.8 Å². The standard InChI is InChI=1S/C10H12N2O5.C6H4N2O5/c1-3-6(2)8-4-7(11(14)15)5-9(10(8)13)12(16)17;9-6-2-1-4(7(10)11)3-5(6)8(12)13/h4-6,13H,3H2,1-2H3;1-3,9H. The van der Waals surface area contributed by atoms with Crippen LogP contribution in [0.4, 0.5) is 22.7 Å². The topological polar surface area (TPSA) is 213 Å². The van der Waals surface area contributed by atoms with Gasteiger partial charge in [-0.1, -0.05) is 13.8 Å². The third-order valence-electron chi connectivity index (χ3n) is 4.02. The maximum Gasteiger partial charge on any atom is 0.317 e. The lowest BCUT2D eigenvalue weighted by Crippen LogP contribution is -1.99. The molecule has 2 aromatic rings. The Morgan fingerprint density at radius 1 is 0.800 bits per heavy atom. The molecule has 0 aliphatic rings. The van der Waals surface area contributed by atoms with E-state index in [4.69, 9.17) is 5.11 Å². The molecule has 2 rings (SSSR count). The van der Waals surface area contributed by atoms with Crippen LogP contribution in [0.1, 0.15) is 31.7 Å². The molecular weight excluding hydrogens is 408 g/mol. The van der Waals surface area contributed by atoms with E-state index in [1.165, 1.54) is 6.07 Å². The smallest absolute Gasteiger partial charge is 0.317 e. The highest BCUT2D eigenvalue weighted by atomic mass is 16.6. The van der Waals surface area contributed by atoms with Gasteiger partial charge in [-0.05, 0) is 18.4 Å².